The van der Waals surface area contributed by atoms with Crippen molar-refractivity contribution in [2.45, 2.75) is 13.0 Å². The molecule has 0 unspecified atom stereocenters. The highest BCUT2D eigenvalue weighted by atomic mass is 79.9. The van der Waals surface area contributed by atoms with Gasteiger partial charge in [-0.05, 0) is 29.3 Å². The fourth-order valence-electron chi connectivity index (χ4n) is 1.68. The minimum absolute atomic E-state index is 0.0769. The molecule has 0 bridgehead atoms. The first-order chi connectivity index (χ1) is 6.70. The van der Waals surface area contributed by atoms with Gasteiger partial charge in [0, 0.05) is 10.5 Å². The van der Waals surface area contributed by atoms with Gasteiger partial charge in [-0.3, -0.25) is 0 Å². The summed E-state index contributed by atoms with van der Waals surface area (Å²) < 4.78 is 1.12. The Hall–Kier alpha value is -0.860. The second-order valence-corrected chi connectivity index (χ2v) is 4.33. The minimum Gasteiger partial charge on any atom is -0.324 e. The standard InChI is InChI=1S/C12H12BrN/c1-8(14)9-6-7-12(13)11-5-3-2-4-10(9)11/h2-8H,14H2,1H3/t8-/m1/s1. The average Bonchev–Trinajstić information content (AvgIpc) is 2.18. The molecular weight excluding hydrogens is 238 g/mol. The summed E-state index contributed by atoms with van der Waals surface area (Å²) in [6, 6.07) is 12.5. The van der Waals surface area contributed by atoms with Crippen molar-refractivity contribution < 1.29 is 0 Å². The summed E-state index contributed by atoms with van der Waals surface area (Å²) in [6.45, 7) is 2.01. The fourth-order valence-corrected chi connectivity index (χ4v) is 2.16. The molecule has 1 atom stereocenters. The van der Waals surface area contributed by atoms with E-state index in [-0.39, 0.29) is 6.04 Å². The number of benzene rings is 2. The quantitative estimate of drug-likeness (QED) is 0.821. The lowest BCUT2D eigenvalue weighted by atomic mass is 10.0. The fraction of sp³-hybridized carbons (Fsp3) is 0.167. The van der Waals surface area contributed by atoms with Crippen molar-refractivity contribution >= 4 is 26.7 Å². The third kappa shape index (κ3) is 1.56. The van der Waals surface area contributed by atoms with Crippen LogP contribution in [0.1, 0.15) is 18.5 Å². The molecule has 2 heteroatoms. The van der Waals surface area contributed by atoms with E-state index < -0.39 is 0 Å². The van der Waals surface area contributed by atoms with Gasteiger partial charge in [-0.1, -0.05) is 46.3 Å². The zero-order valence-electron chi connectivity index (χ0n) is 8.00. The molecule has 0 heterocycles. The van der Waals surface area contributed by atoms with Crippen LogP contribution in [-0.2, 0) is 0 Å². The number of hydrogen-bond donors (Lipinski definition) is 1. The van der Waals surface area contributed by atoms with Crippen LogP contribution in [0.15, 0.2) is 40.9 Å². The number of nitrogens with two attached hydrogens (primary N) is 1. The van der Waals surface area contributed by atoms with Crippen LogP contribution in [-0.4, -0.2) is 0 Å². The predicted molar refractivity (Wildman–Crippen MR) is 64.3 cm³/mol. The summed E-state index contributed by atoms with van der Waals surface area (Å²) in [5, 5.41) is 2.46. The number of hydrogen-bond acceptors (Lipinski definition) is 1. The lowest BCUT2D eigenvalue weighted by molar-refractivity contribution is 0.826. The van der Waals surface area contributed by atoms with Gasteiger partial charge in [0.2, 0.25) is 0 Å². The average molecular weight is 250 g/mol. The maximum absolute atomic E-state index is 5.91. The molecule has 0 aliphatic rings. The molecule has 0 saturated carbocycles. The molecule has 0 radical (unpaired) electrons. The molecule has 2 rings (SSSR count). The molecule has 14 heavy (non-hydrogen) atoms. The van der Waals surface area contributed by atoms with Crippen molar-refractivity contribution in [2.75, 3.05) is 0 Å². The zero-order chi connectivity index (χ0) is 10.1. The summed E-state index contributed by atoms with van der Waals surface area (Å²) in [5.41, 5.74) is 7.11. The molecule has 2 N–H and O–H groups in total. The van der Waals surface area contributed by atoms with Crippen molar-refractivity contribution in [2.24, 2.45) is 5.73 Å². The van der Waals surface area contributed by atoms with Gasteiger partial charge in [0.25, 0.3) is 0 Å². The minimum atomic E-state index is 0.0769. The lowest BCUT2D eigenvalue weighted by Crippen LogP contribution is -2.05. The van der Waals surface area contributed by atoms with Crippen molar-refractivity contribution in [3.63, 3.8) is 0 Å². The first kappa shape index (κ1) is 9.69. The van der Waals surface area contributed by atoms with Crippen molar-refractivity contribution in [3.05, 3.63) is 46.4 Å². The summed E-state index contributed by atoms with van der Waals surface area (Å²) >= 11 is 3.54. The lowest BCUT2D eigenvalue weighted by Gasteiger charge is -2.10. The Morgan fingerprint density at radius 1 is 1.07 bits per heavy atom. The van der Waals surface area contributed by atoms with Gasteiger partial charge in [-0.2, -0.15) is 0 Å². The van der Waals surface area contributed by atoms with E-state index in [0.29, 0.717) is 0 Å². The van der Waals surface area contributed by atoms with E-state index in [9.17, 15) is 0 Å². The maximum atomic E-state index is 5.91. The van der Waals surface area contributed by atoms with Crippen LogP contribution in [0.2, 0.25) is 0 Å². The van der Waals surface area contributed by atoms with Gasteiger partial charge in [0.1, 0.15) is 0 Å². The molecule has 2 aromatic rings. The van der Waals surface area contributed by atoms with Crippen LogP contribution >= 0.6 is 15.9 Å². The third-order valence-corrected chi connectivity index (χ3v) is 3.09. The Bertz CT molecular complexity index is 463. The molecule has 1 nitrogen and oxygen atoms in total. The van der Waals surface area contributed by atoms with Gasteiger partial charge in [0.15, 0.2) is 0 Å². The zero-order valence-corrected chi connectivity index (χ0v) is 9.58. The molecule has 0 spiro atoms. The molecule has 72 valence electrons. The largest absolute Gasteiger partial charge is 0.324 e. The van der Waals surface area contributed by atoms with E-state index in [4.69, 9.17) is 5.73 Å². The van der Waals surface area contributed by atoms with E-state index in [1.54, 1.807) is 0 Å². The van der Waals surface area contributed by atoms with Crippen LogP contribution in [0.4, 0.5) is 0 Å². The van der Waals surface area contributed by atoms with Gasteiger partial charge in [-0.25, -0.2) is 0 Å². The Labute approximate surface area is 92.1 Å². The number of halogens is 1. The molecule has 0 aliphatic heterocycles. The molecule has 0 fully saturated rings. The van der Waals surface area contributed by atoms with Crippen LogP contribution < -0.4 is 5.73 Å². The highest BCUT2D eigenvalue weighted by Crippen LogP contribution is 2.29. The SMILES string of the molecule is C[C@@H](N)c1ccc(Br)c2ccccc12. The van der Waals surface area contributed by atoms with Gasteiger partial charge in [-0.15, -0.1) is 0 Å². The molecule has 0 aromatic heterocycles. The second kappa shape index (κ2) is 3.71. The number of fused-ring (bicyclic) bond motifs is 1. The Balaban J connectivity index is 2.82. The predicted octanol–water partition coefficient (Wildman–Crippen LogP) is 3.62. The molecule has 0 saturated heterocycles. The molecular formula is C12H12BrN. The normalized spacial score (nSPS) is 13.1. The van der Waals surface area contributed by atoms with E-state index in [0.717, 1.165) is 4.47 Å². The molecule has 0 amide bonds. The Kier molecular flexibility index (Phi) is 2.57. The van der Waals surface area contributed by atoms with Crippen molar-refractivity contribution in [3.8, 4) is 0 Å². The van der Waals surface area contributed by atoms with E-state index in [1.165, 1.54) is 16.3 Å². The van der Waals surface area contributed by atoms with E-state index >= 15 is 0 Å². The Morgan fingerprint density at radius 2 is 1.71 bits per heavy atom. The second-order valence-electron chi connectivity index (χ2n) is 3.47. The van der Waals surface area contributed by atoms with Crippen LogP contribution in [0, 0.1) is 0 Å². The summed E-state index contributed by atoms with van der Waals surface area (Å²) in [4.78, 5) is 0. The highest BCUT2D eigenvalue weighted by molar-refractivity contribution is 9.10. The van der Waals surface area contributed by atoms with Crippen molar-refractivity contribution in [1.29, 1.82) is 0 Å². The summed E-state index contributed by atoms with van der Waals surface area (Å²) in [7, 11) is 0. The van der Waals surface area contributed by atoms with E-state index in [2.05, 4.69) is 40.2 Å². The molecule has 2 aromatic carbocycles. The first-order valence-electron chi connectivity index (χ1n) is 4.63. The topological polar surface area (TPSA) is 26.0 Å². The maximum Gasteiger partial charge on any atom is 0.0272 e. The van der Waals surface area contributed by atoms with E-state index in [1.807, 2.05) is 19.1 Å². The Morgan fingerprint density at radius 3 is 2.36 bits per heavy atom. The summed E-state index contributed by atoms with van der Waals surface area (Å²) in [6.07, 6.45) is 0. The first-order valence-corrected chi connectivity index (χ1v) is 5.42. The third-order valence-electron chi connectivity index (χ3n) is 2.40. The smallest absolute Gasteiger partial charge is 0.0272 e. The van der Waals surface area contributed by atoms with Gasteiger partial charge in [0.05, 0.1) is 0 Å². The summed E-state index contributed by atoms with van der Waals surface area (Å²) in [5.74, 6) is 0. The highest BCUT2D eigenvalue weighted by Gasteiger charge is 2.06. The van der Waals surface area contributed by atoms with Crippen LogP contribution in [0.3, 0.4) is 0 Å². The number of rotatable bonds is 1. The van der Waals surface area contributed by atoms with Crippen LogP contribution in [0.25, 0.3) is 10.8 Å². The van der Waals surface area contributed by atoms with Crippen molar-refractivity contribution in [1.82, 2.24) is 0 Å². The monoisotopic (exact) mass is 249 g/mol. The van der Waals surface area contributed by atoms with Crippen LogP contribution in [0.5, 0.6) is 0 Å². The van der Waals surface area contributed by atoms with Gasteiger partial charge >= 0.3 is 0 Å². The molecule has 0 aliphatic carbocycles. The van der Waals surface area contributed by atoms with Gasteiger partial charge < -0.3 is 5.73 Å².